The first kappa shape index (κ1) is 24.0. The molecule has 0 unspecified atom stereocenters. The Morgan fingerprint density at radius 1 is 1.03 bits per heavy atom. The lowest BCUT2D eigenvalue weighted by Gasteiger charge is -2.15. The van der Waals surface area contributed by atoms with E-state index in [1.165, 1.54) is 12.1 Å². The summed E-state index contributed by atoms with van der Waals surface area (Å²) in [6, 6.07) is 13.2. The number of benzene rings is 2. The van der Waals surface area contributed by atoms with Crippen LogP contribution in [0.1, 0.15) is 67.2 Å². The zero-order valence-electron chi connectivity index (χ0n) is 19.3. The van der Waals surface area contributed by atoms with E-state index in [1.807, 2.05) is 0 Å². The second-order valence-electron chi connectivity index (χ2n) is 8.24. The van der Waals surface area contributed by atoms with Crippen LogP contribution < -0.4 is 10.9 Å². The lowest BCUT2D eigenvalue weighted by molar-refractivity contribution is 0.0378. The third kappa shape index (κ3) is 5.61. The monoisotopic (exact) mass is 450 g/mol. The van der Waals surface area contributed by atoms with Crippen LogP contribution in [0.15, 0.2) is 53.3 Å². The van der Waals surface area contributed by atoms with Gasteiger partial charge < -0.3 is 19.7 Å². The minimum atomic E-state index is -0.705. The Kier molecular flexibility index (Phi) is 7.87. The number of carbonyl (C=O) groups is 2. The molecule has 1 heterocycles. The smallest absolute Gasteiger partial charge is 0.338 e. The predicted octanol–water partition coefficient (Wildman–Crippen LogP) is 5.10. The maximum atomic E-state index is 13.2. The highest BCUT2D eigenvalue weighted by atomic mass is 16.5. The molecule has 1 amide bonds. The van der Waals surface area contributed by atoms with E-state index >= 15 is 0 Å². The molecule has 0 saturated carbocycles. The van der Waals surface area contributed by atoms with Gasteiger partial charge in [-0.1, -0.05) is 38.3 Å². The minimum absolute atomic E-state index is 0.239. The molecule has 0 radical (unpaired) electrons. The molecule has 0 fully saturated rings. The zero-order chi connectivity index (χ0) is 24.0. The molecule has 0 aliphatic carbocycles. The highest BCUT2D eigenvalue weighted by Crippen LogP contribution is 2.27. The molecule has 0 aliphatic heterocycles. The maximum Gasteiger partial charge on any atom is 0.338 e. The number of unbranched alkanes of at least 4 members (excludes halogenated alkanes) is 3. The van der Waals surface area contributed by atoms with E-state index in [-0.39, 0.29) is 17.4 Å². The van der Waals surface area contributed by atoms with Crippen LogP contribution >= 0.6 is 0 Å². The fourth-order valence-corrected chi connectivity index (χ4v) is 3.68. The summed E-state index contributed by atoms with van der Waals surface area (Å²) in [5, 5.41) is 13.9. The van der Waals surface area contributed by atoms with Gasteiger partial charge in [0.2, 0.25) is 0 Å². The Hall–Kier alpha value is -3.61. The standard InChI is InChI=1S/C26H30N2O5/c1-4-5-6-9-16-28-21-11-8-7-10-20(21)23(29)22(25(28)31)24(30)27-19-14-12-18(13-15-19)26(32)33-17(2)3/h7-8,10-15,17,29H,4-6,9,16H2,1-3H3,(H,27,30). The van der Waals surface area contributed by atoms with Crippen molar-refractivity contribution in [3.63, 3.8) is 0 Å². The van der Waals surface area contributed by atoms with Crippen molar-refractivity contribution >= 4 is 28.5 Å². The maximum absolute atomic E-state index is 13.2. The molecule has 0 atom stereocenters. The van der Waals surface area contributed by atoms with Gasteiger partial charge in [-0.25, -0.2) is 4.79 Å². The summed E-state index contributed by atoms with van der Waals surface area (Å²) >= 11 is 0. The number of nitrogens with zero attached hydrogens (tertiary/aromatic N) is 1. The van der Waals surface area contributed by atoms with E-state index in [2.05, 4.69) is 12.2 Å². The first-order chi connectivity index (χ1) is 15.8. The van der Waals surface area contributed by atoms with E-state index in [9.17, 15) is 19.5 Å². The predicted molar refractivity (Wildman–Crippen MR) is 129 cm³/mol. The number of esters is 1. The summed E-state index contributed by atoms with van der Waals surface area (Å²) in [6.45, 7) is 6.11. The van der Waals surface area contributed by atoms with Crippen LogP contribution in [-0.4, -0.2) is 27.7 Å². The summed E-state index contributed by atoms with van der Waals surface area (Å²) in [7, 11) is 0. The summed E-state index contributed by atoms with van der Waals surface area (Å²) in [5.41, 5.74) is 0.512. The Bertz CT molecular complexity index is 1200. The number of amides is 1. The van der Waals surface area contributed by atoms with Gasteiger partial charge in [0.1, 0.15) is 11.3 Å². The summed E-state index contributed by atoms with van der Waals surface area (Å²) < 4.78 is 6.72. The molecule has 0 aliphatic rings. The van der Waals surface area contributed by atoms with Gasteiger partial charge in [0.25, 0.3) is 11.5 Å². The molecule has 174 valence electrons. The number of aromatic nitrogens is 1. The van der Waals surface area contributed by atoms with Gasteiger partial charge in [0.05, 0.1) is 17.2 Å². The minimum Gasteiger partial charge on any atom is -0.506 e. The molecule has 33 heavy (non-hydrogen) atoms. The number of aromatic hydroxyl groups is 1. The number of aryl methyl sites for hydroxylation is 1. The van der Waals surface area contributed by atoms with E-state index in [1.54, 1.807) is 54.8 Å². The van der Waals surface area contributed by atoms with Crippen molar-refractivity contribution in [3.8, 4) is 5.75 Å². The van der Waals surface area contributed by atoms with E-state index in [0.717, 1.165) is 25.7 Å². The van der Waals surface area contributed by atoms with Crippen molar-refractivity contribution in [1.29, 1.82) is 0 Å². The molecule has 7 heteroatoms. The van der Waals surface area contributed by atoms with Gasteiger partial charge in [-0.15, -0.1) is 0 Å². The van der Waals surface area contributed by atoms with Crippen molar-refractivity contribution in [3.05, 3.63) is 70.0 Å². The average molecular weight is 451 g/mol. The van der Waals surface area contributed by atoms with Crippen LogP contribution in [0.5, 0.6) is 5.75 Å². The molecule has 3 aromatic rings. The Balaban J connectivity index is 1.90. The largest absolute Gasteiger partial charge is 0.506 e. The average Bonchev–Trinajstić information content (AvgIpc) is 2.78. The first-order valence-corrected chi connectivity index (χ1v) is 11.3. The SMILES string of the molecule is CCCCCCn1c(=O)c(C(=O)Nc2ccc(C(=O)OC(C)C)cc2)c(O)c2ccccc21. The number of para-hydroxylation sites is 1. The molecule has 2 aromatic carbocycles. The normalized spacial score (nSPS) is 11.0. The molecule has 0 saturated heterocycles. The van der Waals surface area contributed by atoms with Crippen molar-refractivity contribution < 1.29 is 19.4 Å². The van der Waals surface area contributed by atoms with Gasteiger partial charge in [0, 0.05) is 17.6 Å². The number of ether oxygens (including phenoxy) is 1. The Morgan fingerprint density at radius 2 is 1.73 bits per heavy atom. The molecular weight excluding hydrogens is 420 g/mol. The summed E-state index contributed by atoms with van der Waals surface area (Å²) in [5.74, 6) is -1.50. The Morgan fingerprint density at radius 3 is 2.39 bits per heavy atom. The van der Waals surface area contributed by atoms with Crippen molar-refractivity contribution in [2.75, 3.05) is 5.32 Å². The van der Waals surface area contributed by atoms with Crippen molar-refractivity contribution in [2.24, 2.45) is 0 Å². The fraction of sp³-hybridized carbons (Fsp3) is 0.346. The number of nitrogens with one attached hydrogen (secondary N) is 1. The van der Waals surface area contributed by atoms with Crippen molar-refractivity contribution in [2.45, 2.75) is 59.1 Å². The third-order valence-electron chi connectivity index (χ3n) is 5.33. The second kappa shape index (κ2) is 10.8. The number of carbonyl (C=O) groups excluding carboxylic acids is 2. The highest BCUT2D eigenvalue weighted by molar-refractivity contribution is 6.09. The summed E-state index contributed by atoms with van der Waals surface area (Å²) in [4.78, 5) is 38.2. The Labute approximate surface area is 193 Å². The number of hydrogen-bond acceptors (Lipinski definition) is 5. The zero-order valence-corrected chi connectivity index (χ0v) is 19.3. The van der Waals surface area contributed by atoms with Gasteiger partial charge in [-0.2, -0.15) is 0 Å². The van der Waals surface area contributed by atoms with Crippen LogP contribution in [0, 0.1) is 0 Å². The van der Waals surface area contributed by atoms with Gasteiger partial charge in [0.15, 0.2) is 0 Å². The van der Waals surface area contributed by atoms with Gasteiger partial charge in [-0.05, 0) is 56.7 Å². The topological polar surface area (TPSA) is 97.6 Å². The highest BCUT2D eigenvalue weighted by Gasteiger charge is 2.22. The number of anilines is 1. The third-order valence-corrected chi connectivity index (χ3v) is 5.33. The summed E-state index contributed by atoms with van der Waals surface area (Å²) in [6.07, 6.45) is 3.69. The quantitative estimate of drug-likeness (QED) is 0.349. The van der Waals surface area contributed by atoms with E-state index in [4.69, 9.17) is 4.74 Å². The first-order valence-electron chi connectivity index (χ1n) is 11.3. The van der Waals surface area contributed by atoms with Crippen LogP contribution in [0.25, 0.3) is 10.9 Å². The molecule has 1 aromatic heterocycles. The van der Waals surface area contributed by atoms with Gasteiger partial charge >= 0.3 is 5.97 Å². The number of rotatable bonds is 9. The lowest BCUT2D eigenvalue weighted by atomic mass is 10.1. The van der Waals surface area contributed by atoms with Crippen LogP contribution in [0.3, 0.4) is 0 Å². The van der Waals surface area contributed by atoms with E-state index in [0.29, 0.717) is 28.7 Å². The number of hydrogen-bond donors (Lipinski definition) is 2. The number of fused-ring (bicyclic) bond motifs is 1. The molecular formula is C26H30N2O5. The fourth-order valence-electron chi connectivity index (χ4n) is 3.68. The molecule has 7 nitrogen and oxygen atoms in total. The van der Waals surface area contributed by atoms with Crippen LogP contribution in [-0.2, 0) is 11.3 Å². The lowest BCUT2D eigenvalue weighted by Crippen LogP contribution is -2.30. The van der Waals surface area contributed by atoms with Gasteiger partial charge in [-0.3, -0.25) is 9.59 Å². The van der Waals surface area contributed by atoms with Crippen LogP contribution in [0.2, 0.25) is 0 Å². The van der Waals surface area contributed by atoms with Crippen molar-refractivity contribution in [1.82, 2.24) is 4.57 Å². The molecule has 0 spiro atoms. The number of pyridine rings is 1. The second-order valence-corrected chi connectivity index (χ2v) is 8.24. The molecule has 2 N–H and O–H groups in total. The molecule has 0 bridgehead atoms. The van der Waals surface area contributed by atoms with E-state index < -0.39 is 17.4 Å². The van der Waals surface area contributed by atoms with Crippen LogP contribution in [0.4, 0.5) is 5.69 Å². The molecule has 3 rings (SSSR count).